The number of hydrogen-bond acceptors (Lipinski definition) is 4. The number of amides is 1. The highest BCUT2D eigenvalue weighted by Gasteiger charge is 2.37. The van der Waals surface area contributed by atoms with Crippen LogP contribution in [-0.2, 0) is 16.0 Å². The Labute approximate surface area is 135 Å². The molecule has 0 aromatic carbocycles. The maximum Gasteiger partial charge on any atom is 0.407 e. The Kier molecular flexibility index (Phi) is 5.06. The molecule has 1 aromatic rings. The zero-order chi connectivity index (χ0) is 16.3. The third kappa shape index (κ3) is 4.98. The molecule has 5 nitrogen and oxygen atoms in total. The molecule has 0 unspecified atom stereocenters. The predicted molar refractivity (Wildman–Crippen MR) is 83.8 cm³/mol. The molecule has 120 valence electrons. The monoisotopic (exact) mass is 324 g/mol. The topological polar surface area (TPSA) is 68.3 Å². The van der Waals surface area contributed by atoms with Crippen molar-refractivity contribution in [1.82, 2.24) is 10.3 Å². The van der Waals surface area contributed by atoms with Crippen molar-refractivity contribution < 1.29 is 14.3 Å². The van der Waals surface area contributed by atoms with Gasteiger partial charge in [0, 0.05) is 34.8 Å². The van der Waals surface area contributed by atoms with Crippen LogP contribution in [0.4, 0.5) is 4.79 Å². The first-order valence-electron chi connectivity index (χ1n) is 7.35. The van der Waals surface area contributed by atoms with Gasteiger partial charge < -0.3 is 10.1 Å². The Morgan fingerprint density at radius 2 is 2.09 bits per heavy atom. The number of rotatable bonds is 4. The molecule has 0 atom stereocenters. The number of aromatic nitrogens is 1. The molecule has 0 radical (unpaired) electrons. The van der Waals surface area contributed by atoms with Crippen LogP contribution in [0.5, 0.6) is 0 Å². The predicted octanol–water partition coefficient (Wildman–Crippen LogP) is 3.15. The highest BCUT2D eigenvalue weighted by atomic mass is 35.5. The van der Waals surface area contributed by atoms with E-state index < -0.39 is 6.09 Å². The van der Waals surface area contributed by atoms with Gasteiger partial charge in [-0.15, -0.1) is 0 Å². The van der Waals surface area contributed by atoms with Crippen molar-refractivity contribution in [1.29, 1.82) is 0 Å². The molecule has 1 heterocycles. The third-order valence-electron chi connectivity index (χ3n) is 3.43. The number of pyridine rings is 1. The molecule has 1 amide bonds. The van der Waals surface area contributed by atoms with E-state index in [1.807, 2.05) is 20.8 Å². The second-order valence-electron chi connectivity index (χ2n) is 6.68. The smallest absolute Gasteiger partial charge is 0.407 e. The first-order valence-corrected chi connectivity index (χ1v) is 7.72. The maximum absolute atomic E-state index is 12.1. The van der Waals surface area contributed by atoms with Crippen molar-refractivity contribution in [3.63, 3.8) is 0 Å². The van der Waals surface area contributed by atoms with Gasteiger partial charge in [0.25, 0.3) is 0 Å². The molecule has 1 aromatic heterocycles. The molecule has 1 fully saturated rings. The maximum atomic E-state index is 12.1. The Balaban J connectivity index is 1.74. The van der Waals surface area contributed by atoms with Gasteiger partial charge in [0.05, 0.1) is 0 Å². The van der Waals surface area contributed by atoms with Gasteiger partial charge in [-0.05, 0) is 45.7 Å². The van der Waals surface area contributed by atoms with E-state index in [1.54, 1.807) is 18.3 Å². The third-order valence-corrected chi connectivity index (χ3v) is 3.67. The van der Waals surface area contributed by atoms with E-state index in [4.69, 9.17) is 16.3 Å². The van der Waals surface area contributed by atoms with Crippen LogP contribution < -0.4 is 5.32 Å². The molecule has 6 heteroatoms. The van der Waals surface area contributed by atoms with Crippen molar-refractivity contribution in [2.75, 3.05) is 0 Å². The molecule has 1 N–H and O–H groups in total. The van der Waals surface area contributed by atoms with Crippen LogP contribution in [0.1, 0.15) is 39.3 Å². The molecule has 22 heavy (non-hydrogen) atoms. The standard InChI is InChI=1S/C16H21ClN2O3/c1-16(2,3)19-15(21)22-13-6-10(7-13)14(20)9-12-8-11(17)4-5-18-12/h4-5,8,10,13H,6-7,9H2,1-3H3,(H,19,21). The number of nitrogens with zero attached hydrogens (tertiary/aromatic N) is 1. The number of nitrogens with one attached hydrogen (secondary N) is 1. The fraction of sp³-hybridized carbons (Fsp3) is 0.562. The number of carbonyl (C=O) groups is 2. The number of hydrogen-bond donors (Lipinski definition) is 1. The summed E-state index contributed by atoms with van der Waals surface area (Å²) in [5.41, 5.74) is 0.348. The van der Waals surface area contributed by atoms with Crippen LogP contribution in [0.3, 0.4) is 0 Å². The van der Waals surface area contributed by atoms with Gasteiger partial charge in [-0.3, -0.25) is 9.78 Å². The normalized spacial score (nSPS) is 20.9. The van der Waals surface area contributed by atoms with Crippen molar-refractivity contribution in [3.8, 4) is 0 Å². The molecule has 1 saturated carbocycles. The largest absolute Gasteiger partial charge is 0.446 e. The Hall–Kier alpha value is -1.62. The summed E-state index contributed by atoms with van der Waals surface area (Å²) in [6.07, 6.45) is 2.41. The number of ether oxygens (including phenoxy) is 1. The minimum atomic E-state index is -0.431. The van der Waals surface area contributed by atoms with Crippen molar-refractivity contribution in [3.05, 3.63) is 29.0 Å². The number of halogens is 1. The van der Waals surface area contributed by atoms with E-state index >= 15 is 0 Å². The van der Waals surface area contributed by atoms with E-state index in [1.165, 1.54) is 0 Å². The number of alkyl carbamates (subject to hydrolysis) is 1. The van der Waals surface area contributed by atoms with Gasteiger partial charge >= 0.3 is 6.09 Å². The fourth-order valence-electron chi connectivity index (χ4n) is 2.28. The lowest BCUT2D eigenvalue weighted by Crippen LogP contribution is -2.45. The minimum Gasteiger partial charge on any atom is -0.446 e. The van der Waals surface area contributed by atoms with Crippen LogP contribution >= 0.6 is 11.6 Å². The van der Waals surface area contributed by atoms with E-state index in [0.717, 1.165) is 0 Å². The van der Waals surface area contributed by atoms with Crippen LogP contribution in [0.15, 0.2) is 18.3 Å². The SMILES string of the molecule is CC(C)(C)NC(=O)OC1CC(C(=O)Cc2cc(Cl)ccn2)C1. The summed E-state index contributed by atoms with van der Waals surface area (Å²) >= 11 is 5.87. The quantitative estimate of drug-likeness (QED) is 0.923. The summed E-state index contributed by atoms with van der Waals surface area (Å²) in [4.78, 5) is 27.9. The van der Waals surface area contributed by atoms with E-state index in [9.17, 15) is 9.59 Å². The van der Waals surface area contributed by atoms with E-state index in [0.29, 0.717) is 23.6 Å². The van der Waals surface area contributed by atoms with Crippen LogP contribution in [0.2, 0.25) is 5.02 Å². The minimum absolute atomic E-state index is 0.0618. The molecule has 1 aliphatic rings. The summed E-state index contributed by atoms with van der Waals surface area (Å²) in [7, 11) is 0. The Bertz CT molecular complexity index is 563. The van der Waals surface area contributed by atoms with Gasteiger partial charge in [0.2, 0.25) is 0 Å². The summed E-state index contributed by atoms with van der Waals surface area (Å²) in [6.45, 7) is 5.66. The van der Waals surface area contributed by atoms with Crippen molar-refractivity contribution in [2.45, 2.75) is 51.7 Å². The van der Waals surface area contributed by atoms with Crippen LogP contribution in [0.25, 0.3) is 0 Å². The summed E-state index contributed by atoms with van der Waals surface area (Å²) < 4.78 is 5.27. The van der Waals surface area contributed by atoms with Gasteiger partial charge in [0.15, 0.2) is 0 Å². The molecule has 0 spiro atoms. The zero-order valence-electron chi connectivity index (χ0n) is 13.1. The zero-order valence-corrected chi connectivity index (χ0v) is 13.8. The summed E-state index contributed by atoms with van der Waals surface area (Å²) in [6, 6.07) is 3.37. The molecule has 2 rings (SSSR count). The molecule has 0 saturated heterocycles. The first kappa shape index (κ1) is 16.7. The lowest BCUT2D eigenvalue weighted by atomic mass is 9.78. The second-order valence-corrected chi connectivity index (χ2v) is 7.12. The van der Waals surface area contributed by atoms with Crippen LogP contribution in [-0.4, -0.2) is 28.5 Å². The van der Waals surface area contributed by atoms with Crippen LogP contribution in [0, 0.1) is 5.92 Å². The number of ketones is 1. The van der Waals surface area contributed by atoms with Gasteiger partial charge in [0.1, 0.15) is 11.9 Å². The molecule has 0 aliphatic heterocycles. The Morgan fingerprint density at radius 1 is 1.41 bits per heavy atom. The fourth-order valence-corrected chi connectivity index (χ4v) is 2.46. The van der Waals surface area contributed by atoms with E-state index in [-0.39, 0.29) is 29.8 Å². The van der Waals surface area contributed by atoms with Gasteiger partial charge in [-0.2, -0.15) is 0 Å². The average Bonchev–Trinajstić information content (AvgIpc) is 2.30. The lowest BCUT2D eigenvalue weighted by molar-refractivity contribution is -0.128. The number of carbonyl (C=O) groups excluding carboxylic acids is 2. The highest BCUT2D eigenvalue weighted by molar-refractivity contribution is 6.30. The Morgan fingerprint density at radius 3 is 2.68 bits per heavy atom. The summed E-state index contributed by atoms with van der Waals surface area (Å²) in [5.74, 6) is 0.0547. The van der Waals surface area contributed by atoms with Gasteiger partial charge in [-0.1, -0.05) is 11.6 Å². The molecular weight excluding hydrogens is 304 g/mol. The number of Topliss-reactive ketones (excluding diaryl/α,β-unsaturated/α-hetero) is 1. The second kappa shape index (κ2) is 6.65. The van der Waals surface area contributed by atoms with Gasteiger partial charge in [-0.25, -0.2) is 4.79 Å². The average molecular weight is 325 g/mol. The highest BCUT2D eigenvalue weighted by Crippen LogP contribution is 2.32. The molecule has 1 aliphatic carbocycles. The molecular formula is C16H21ClN2O3. The molecule has 0 bridgehead atoms. The summed E-state index contributed by atoms with van der Waals surface area (Å²) in [5, 5.41) is 3.31. The lowest BCUT2D eigenvalue weighted by Gasteiger charge is -2.34. The van der Waals surface area contributed by atoms with E-state index in [2.05, 4.69) is 10.3 Å². The van der Waals surface area contributed by atoms with Crippen molar-refractivity contribution in [2.24, 2.45) is 5.92 Å². The first-order chi connectivity index (χ1) is 10.2. The van der Waals surface area contributed by atoms with Crippen molar-refractivity contribution >= 4 is 23.5 Å².